The van der Waals surface area contributed by atoms with E-state index in [1.807, 2.05) is 6.92 Å². The number of piperidine rings is 1. The Bertz CT molecular complexity index is 506. The summed E-state index contributed by atoms with van der Waals surface area (Å²) in [7, 11) is 0. The zero-order chi connectivity index (χ0) is 15.2. The highest BCUT2D eigenvalue weighted by atomic mass is 127. The van der Waals surface area contributed by atoms with Crippen LogP contribution in [0.3, 0.4) is 0 Å². The van der Waals surface area contributed by atoms with Crippen LogP contribution in [0.1, 0.15) is 25.3 Å². The number of rotatable bonds is 3. The van der Waals surface area contributed by atoms with Crippen molar-refractivity contribution in [2.75, 3.05) is 19.6 Å². The lowest BCUT2D eigenvalue weighted by Crippen LogP contribution is -2.46. The summed E-state index contributed by atoms with van der Waals surface area (Å²) in [6, 6.07) is 4.29. The van der Waals surface area contributed by atoms with Crippen LogP contribution in [0.2, 0.25) is 0 Å². The van der Waals surface area contributed by atoms with E-state index in [1.54, 1.807) is 6.07 Å². The quantitative estimate of drug-likeness (QED) is 0.396. The number of aliphatic imine (C=N–C) groups is 1. The predicted octanol–water partition coefficient (Wildman–Crippen LogP) is 2.07. The van der Waals surface area contributed by atoms with Crippen LogP contribution < -0.4 is 5.32 Å². The zero-order valence-corrected chi connectivity index (χ0v) is 15.0. The first-order valence-corrected chi connectivity index (χ1v) is 7.29. The van der Waals surface area contributed by atoms with E-state index in [-0.39, 0.29) is 35.8 Å². The van der Waals surface area contributed by atoms with Gasteiger partial charge in [-0.05, 0) is 37.5 Å². The van der Waals surface area contributed by atoms with Crippen LogP contribution >= 0.6 is 24.0 Å². The maximum atomic E-state index is 13.3. The average molecular weight is 423 g/mol. The molecule has 1 saturated heterocycles. The summed E-state index contributed by atoms with van der Waals surface area (Å²) in [5.41, 5.74) is 0.706. The van der Waals surface area contributed by atoms with E-state index in [9.17, 15) is 14.6 Å². The van der Waals surface area contributed by atoms with Gasteiger partial charge in [0.1, 0.15) is 0 Å². The number of nitrogens with one attached hydrogen (secondary N) is 1. The minimum absolute atomic E-state index is 0. The van der Waals surface area contributed by atoms with E-state index < -0.39 is 5.82 Å². The Morgan fingerprint density at radius 2 is 2.09 bits per heavy atom. The van der Waals surface area contributed by atoms with E-state index in [0.29, 0.717) is 12.1 Å². The number of phenolic OH excluding ortho intramolecular Hbond substituents is 1. The lowest BCUT2D eigenvalue weighted by Gasteiger charge is -2.32. The monoisotopic (exact) mass is 423 g/mol. The van der Waals surface area contributed by atoms with Gasteiger partial charge in [-0.3, -0.25) is 0 Å². The number of guanidine groups is 1. The highest BCUT2D eigenvalue weighted by molar-refractivity contribution is 14.0. The highest BCUT2D eigenvalue weighted by Crippen LogP contribution is 2.17. The molecule has 3 N–H and O–H groups in total. The summed E-state index contributed by atoms with van der Waals surface area (Å²) in [5, 5.41) is 21.9. The molecule has 7 heteroatoms. The molecule has 5 nitrogen and oxygen atoms in total. The Morgan fingerprint density at radius 3 is 2.68 bits per heavy atom. The third-order valence-corrected chi connectivity index (χ3v) is 3.52. The molecule has 1 aromatic rings. The van der Waals surface area contributed by atoms with Crippen molar-refractivity contribution in [2.45, 2.75) is 32.4 Å². The smallest absolute Gasteiger partial charge is 0.194 e. The van der Waals surface area contributed by atoms with Gasteiger partial charge >= 0.3 is 0 Å². The van der Waals surface area contributed by atoms with Crippen molar-refractivity contribution in [1.82, 2.24) is 10.2 Å². The van der Waals surface area contributed by atoms with Crippen molar-refractivity contribution in [3.8, 4) is 5.75 Å². The summed E-state index contributed by atoms with van der Waals surface area (Å²) >= 11 is 0. The van der Waals surface area contributed by atoms with E-state index in [4.69, 9.17) is 0 Å². The molecule has 0 unspecified atom stereocenters. The van der Waals surface area contributed by atoms with Gasteiger partial charge in [0.05, 0.1) is 12.6 Å². The van der Waals surface area contributed by atoms with Crippen LogP contribution in [0.4, 0.5) is 4.39 Å². The van der Waals surface area contributed by atoms with Crippen LogP contribution in [0.15, 0.2) is 23.2 Å². The maximum absolute atomic E-state index is 13.3. The van der Waals surface area contributed by atoms with E-state index in [1.165, 1.54) is 12.1 Å². The zero-order valence-electron chi connectivity index (χ0n) is 12.6. The second-order valence-electron chi connectivity index (χ2n) is 5.17. The van der Waals surface area contributed by atoms with Gasteiger partial charge in [0.2, 0.25) is 0 Å². The minimum atomic E-state index is -0.631. The van der Waals surface area contributed by atoms with Crippen LogP contribution in [0.25, 0.3) is 0 Å². The Morgan fingerprint density at radius 1 is 1.41 bits per heavy atom. The Kier molecular flexibility index (Phi) is 7.88. The molecule has 0 aromatic heterocycles. The van der Waals surface area contributed by atoms with Crippen LogP contribution in [-0.2, 0) is 6.54 Å². The number of hydrogen-bond acceptors (Lipinski definition) is 3. The molecule has 0 radical (unpaired) electrons. The maximum Gasteiger partial charge on any atom is 0.194 e. The van der Waals surface area contributed by atoms with Gasteiger partial charge in [-0.25, -0.2) is 9.38 Å². The lowest BCUT2D eigenvalue weighted by molar-refractivity contribution is 0.108. The second kappa shape index (κ2) is 9.14. The third kappa shape index (κ3) is 5.28. The van der Waals surface area contributed by atoms with E-state index in [0.717, 1.165) is 38.4 Å². The van der Waals surface area contributed by atoms with Crippen LogP contribution in [0, 0.1) is 5.82 Å². The molecule has 1 aliphatic rings. The number of nitrogens with zero attached hydrogens (tertiary/aromatic N) is 2. The summed E-state index contributed by atoms with van der Waals surface area (Å²) in [4.78, 5) is 6.61. The topological polar surface area (TPSA) is 68.1 Å². The van der Waals surface area contributed by atoms with Gasteiger partial charge in [0.25, 0.3) is 0 Å². The molecule has 1 fully saturated rings. The molecule has 2 rings (SSSR count). The Balaban J connectivity index is 0.00000242. The van der Waals surface area contributed by atoms with Crippen LogP contribution in [-0.4, -0.2) is 46.8 Å². The summed E-state index contributed by atoms with van der Waals surface area (Å²) in [6.07, 6.45) is 1.24. The first kappa shape index (κ1) is 19.0. The molecule has 0 spiro atoms. The molecule has 0 amide bonds. The molecular weight excluding hydrogens is 400 g/mol. The van der Waals surface area contributed by atoms with Gasteiger partial charge in [-0.2, -0.15) is 0 Å². The molecular formula is C15H23FIN3O2. The van der Waals surface area contributed by atoms with Gasteiger partial charge in [0, 0.05) is 19.6 Å². The summed E-state index contributed by atoms with van der Waals surface area (Å²) in [6.45, 7) is 4.61. The molecule has 22 heavy (non-hydrogen) atoms. The number of aliphatic hydroxyl groups excluding tert-OH is 1. The molecule has 1 heterocycles. The lowest BCUT2D eigenvalue weighted by atomic mass is 10.1. The highest BCUT2D eigenvalue weighted by Gasteiger charge is 2.19. The number of hydrogen-bond donors (Lipinski definition) is 3. The average Bonchev–Trinajstić information content (AvgIpc) is 2.48. The molecule has 0 atom stereocenters. The van der Waals surface area contributed by atoms with E-state index in [2.05, 4.69) is 15.2 Å². The predicted molar refractivity (Wildman–Crippen MR) is 95.1 cm³/mol. The van der Waals surface area contributed by atoms with E-state index >= 15 is 0 Å². The summed E-state index contributed by atoms with van der Waals surface area (Å²) in [5.74, 6) is -0.202. The van der Waals surface area contributed by atoms with Crippen molar-refractivity contribution in [2.24, 2.45) is 4.99 Å². The number of benzene rings is 1. The number of halogens is 2. The van der Waals surface area contributed by atoms with Gasteiger partial charge < -0.3 is 20.4 Å². The van der Waals surface area contributed by atoms with Gasteiger partial charge in [-0.1, -0.05) is 6.07 Å². The number of aromatic hydroxyl groups is 1. The molecule has 1 aromatic carbocycles. The first-order valence-electron chi connectivity index (χ1n) is 7.29. The molecule has 0 saturated carbocycles. The largest absolute Gasteiger partial charge is 0.505 e. The van der Waals surface area contributed by atoms with Gasteiger partial charge in [-0.15, -0.1) is 24.0 Å². The fourth-order valence-electron chi connectivity index (χ4n) is 2.32. The van der Waals surface area contributed by atoms with Crippen molar-refractivity contribution in [1.29, 1.82) is 0 Å². The normalized spacial score (nSPS) is 16.3. The van der Waals surface area contributed by atoms with Crippen LogP contribution in [0.5, 0.6) is 5.75 Å². The molecule has 0 bridgehead atoms. The minimum Gasteiger partial charge on any atom is -0.505 e. The van der Waals surface area contributed by atoms with Crippen molar-refractivity contribution >= 4 is 29.9 Å². The number of likely N-dealkylation sites (tertiary alicyclic amines) is 1. The third-order valence-electron chi connectivity index (χ3n) is 3.52. The number of phenols is 1. The fourth-order valence-corrected chi connectivity index (χ4v) is 2.32. The summed E-state index contributed by atoms with van der Waals surface area (Å²) < 4.78 is 13.3. The molecule has 0 aliphatic carbocycles. The second-order valence-corrected chi connectivity index (χ2v) is 5.17. The number of aliphatic hydroxyl groups is 1. The van der Waals surface area contributed by atoms with Crippen molar-refractivity contribution in [3.63, 3.8) is 0 Å². The van der Waals surface area contributed by atoms with Crippen molar-refractivity contribution in [3.05, 3.63) is 29.6 Å². The first-order chi connectivity index (χ1) is 10.1. The van der Waals surface area contributed by atoms with Gasteiger partial charge in [0.15, 0.2) is 17.5 Å². The Hall–Kier alpha value is -1.09. The van der Waals surface area contributed by atoms with Crippen molar-refractivity contribution < 1.29 is 14.6 Å². The standard InChI is InChI=1S/C15H22FN3O2.HI/c1-2-17-15(19-7-5-12(20)6-8-19)18-10-11-3-4-14(21)13(16)9-11;/h3-4,9,12,20-21H,2,5-8,10H2,1H3,(H,17,18);1H. The SMILES string of the molecule is CCNC(=NCc1ccc(O)c(F)c1)N1CCC(O)CC1.I. The Labute approximate surface area is 147 Å². The molecule has 124 valence electrons. The molecule has 1 aliphatic heterocycles. The fraction of sp³-hybridized carbons (Fsp3) is 0.533.